The molecule has 0 bridgehead atoms. The highest BCUT2D eigenvalue weighted by Crippen LogP contribution is 2.19. The van der Waals surface area contributed by atoms with Crippen LogP contribution in [0, 0.1) is 0 Å². The molecule has 0 unspecified atom stereocenters. The van der Waals surface area contributed by atoms with Gasteiger partial charge in [-0.3, -0.25) is 4.90 Å². The van der Waals surface area contributed by atoms with Gasteiger partial charge in [0.1, 0.15) is 5.75 Å². The lowest BCUT2D eigenvalue weighted by Crippen LogP contribution is -2.48. The monoisotopic (exact) mass is 279 g/mol. The fourth-order valence-electron chi connectivity index (χ4n) is 2.59. The maximum Gasteiger partial charge on any atom is 0.488 e. The second-order valence-corrected chi connectivity index (χ2v) is 5.76. The van der Waals surface area contributed by atoms with Crippen LogP contribution in [0.15, 0.2) is 18.2 Å². The van der Waals surface area contributed by atoms with Gasteiger partial charge in [-0.05, 0) is 37.0 Å². The van der Waals surface area contributed by atoms with E-state index < -0.39 is 7.12 Å². The van der Waals surface area contributed by atoms with Crippen molar-refractivity contribution >= 4 is 12.6 Å². The summed E-state index contributed by atoms with van der Waals surface area (Å²) in [5, 5.41) is 18.9. The highest BCUT2D eigenvalue weighted by atomic mass is 16.5. The van der Waals surface area contributed by atoms with E-state index in [1.807, 2.05) is 6.07 Å². The van der Waals surface area contributed by atoms with Crippen molar-refractivity contribution in [3.8, 4) is 5.75 Å². The van der Waals surface area contributed by atoms with Crippen LogP contribution in [0.4, 0.5) is 0 Å². The molecule has 1 aliphatic rings. The lowest BCUT2D eigenvalue weighted by Gasteiger charge is -2.38. The number of hydrogen-bond acceptors (Lipinski definition) is 5. The van der Waals surface area contributed by atoms with E-state index in [2.05, 4.69) is 18.7 Å². The maximum atomic E-state index is 9.47. The molecular formula is C14H22BNO4. The minimum atomic E-state index is -1.47. The molecule has 1 aliphatic heterocycles. The van der Waals surface area contributed by atoms with Gasteiger partial charge in [0.2, 0.25) is 0 Å². The number of benzene rings is 1. The van der Waals surface area contributed by atoms with Gasteiger partial charge in [-0.1, -0.05) is 6.07 Å². The van der Waals surface area contributed by atoms with E-state index in [-0.39, 0.29) is 5.60 Å². The summed E-state index contributed by atoms with van der Waals surface area (Å²) in [5.74, 6) is 0.719. The summed E-state index contributed by atoms with van der Waals surface area (Å²) in [4.78, 5) is 2.25. The minimum Gasteiger partial charge on any atom is -0.497 e. The fraction of sp³-hybridized carbons (Fsp3) is 0.571. The second kappa shape index (κ2) is 6.14. The Kier molecular flexibility index (Phi) is 4.70. The molecular weight excluding hydrogens is 257 g/mol. The van der Waals surface area contributed by atoms with Crippen molar-refractivity contribution in [1.82, 2.24) is 4.90 Å². The van der Waals surface area contributed by atoms with Gasteiger partial charge in [-0.15, -0.1) is 0 Å². The Labute approximate surface area is 120 Å². The maximum absolute atomic E-state index is 9.47. The number of hydrogen-bond donors (Lipinski definition) is 2. The number of morpholine rings is 1. The van der Waals surface area contributed by atoms with Crippen molar-refractivity contribution in [2.45, 2.75) is 26.0 Å². The van der Waals surface area contributed by atoms with Crippen LogP contribution < -0.4 is 10.2 Å². The lowest BCUT2D eigenvalue weighted by atomic mass is 9.76. The highest BCUT2D eigenvalue weighted by molar-refractivity contribution is 6.59. The van der Waals surface area contributed by atoms with Crippen LogP contribution in [0.5, 0.6) is 5.75 Å². The number of nitrogens with zero attached hydrogens (tertiary/aromatic N) is 1. The average Bonchev–Trinajstić information content (AvgIpc) is 2.37. The topological polar surface area (TPSA) is 62.2 Å². The molecule has 110 valence electrons. The highest BCUT2D eigenvalue weighted by Gasteiger charge is 2.28. The smallest absolute Gasteiger partial charge is 0.488 e. The molecule has 6 heteroatoms. The molecule has 1 heterocycles. The lowest BCUT2D eigenvalue weighted by molar-refractivity contribution is -0.0882. The molecule has 0 radical (unpaired) electrons. The first-order chi connectivity index (χ1) is 9.41. The molecule has 1 aromatic carbocycles. The van der Waals surface area contributed by atoms with Crippen LogP contribution in [0.2, 0.25) is 0 Å². The fourth-order valence-corrected chi connectivity index (χ4v) is 2.59. The van der Waals surface area contributed by atoms with E-state index in [4.69, 9.17) is 9.47 Å². The number of ether oxygens (including phenoxy) is 2. The molecule has 0 aromatic heterocycles. The minimum absolute atomic E-state index is 0.172. The summed E-state index contributed by atoms with van der Waals surface area (Å²) in [7, 11) is 0.136. The van der Waals surface area contributed by atoms with E-state index in [1.165, 1.54) is 0 Å². The van der Waals surface area contributed by atoms with Crippen LogP contribution in [0.1, 0.15) is 19.4 Å². The Hall–Kier alpha value is -1.08. The van der Waals surface area contributed by atoms with Crippen molar-refractivity contribution in [2.24, 2.45) is 0 Å². The average molecular weight is 279 g/mol. The van der Waals surface area contributed by atoms with Crippen LogP contribution in [0.3, 0.4) is 0 Å². The number of methoxy groups -OCH3 is 1. The van der Waals surface area contributed by atoms with Crippen LogP contribution in [-0.4, -0.2) is 54.5 Å². The normalized spacial score (nSPS) is 18.9. The largest absolute Gasteiger partial charge is 0.497 e. The third-order valence-corrected chi connectivity index (χ3v) is 3.53. The molecule has 0 amide bonds. The molecule has 5 nitrogen and oxygen atoms in total. The summed E-state index contributed by atoms with van der Waals surface area (Å²) in [6, 6.07) is 5.29. The van der Waals surface area contributed by atoms with Crippen LogP contribution in [0.25, 0.3) is 0 Å². The van der Waals surface area contributed by atoms with Gasteiger partial charge in [-0.25, -0.2) is 0 Å². The molecule has 0 saturated carbocycles. The van der Waals surface area contributed by atoms with E-state index in [0.717, 1.165) is 24.4 Å². The van der Waals surface area contributed by atoms with E-state index in [0.29, 0.717) is 18.6 Å². The van der Waals surface area contributed by atoms with Gasteiger partial charge in [0.25, 0.3) is 0 Å². The summed E-state index contributed by atoms with van der Waals surface area (Å²) in [6.07, 6.45) is 0. The van der Waals surface area contributed by atoms with Gasteiger partial charge < -0.3 is 19.5 Å². The zero-order valence-electron chi connectivity index (χ0n) is 12.3. The molecule has 1 fully saturated rings. The Bertz CT molecular complexity index is 464. The summed E-state index contributed by atoms with van der Waals surface area (Å²) >= 11 is 0. The van der Waals surface area contributed by atoms with Crippen molar-refractivity contribution < 1.29 is 19.5 Å². The zero-order valence-corrected chi connectivity index (χ0v) is 12.3. The Morgan fingerprint density at radius 3 is 2.75 bits per heavy atom. The van der Waals surface area contributed by atoms with Crippen LogP contribution in [-0.2, 0) is 11.3 Å². The molecule has 1 saturated heterocycles. The standard InChI is InChI=1S/C14H22BNO4/c1-14(2)10-16(6-7-20-14)9-11-8-12(19-3)4-5-13(11)15(17)18/h4-5,8,17-18H,6-7,9-10H2,1-3H3. The van der Waals surface area contributed by atoms with E-state index in [1.54, 1.807) is 19.2 Å². The molecule has 2 N–H and O–H groups in total. The quantitative estimate of drug-likeness (QED) is 0.759. The zero-order chi connectivity index (χ0) is 14.8. The van der Waals surface area contributed by atoms with Gasteiger partial charge in [-0.2, -0.15) is 0 Å². The third-order valence-electron chi connectivity index (χ3n) is 3.53. The van der Waals surface area contributed by atoms with E-state index in [9.17, 15) is 10.0 Å². The van der Waals surface area contributed by atoms with Crippen LogP contribution >= 0.6 is 0 Å². The predicted molar refractivity (Wildman–Crippen MR) is 78.1 cm³/mol. The Balaban J connectivity index is 2.18. The van der Waals surface area contributed by atoms with Gasteiger partial charge in [0.05, 0.1) is 19.3 Å². The SMILES string of the molecule is COc1ccc(B(O)O)c(CN2CCOC(C)(C)C2)c1. The number of rotatable bonds is 4. The summed E-state index contributed by atoms with van der Waals surface area (Å²) in [5.41, 5.74) is 1.22. The molecule has 0 spiro atoms. The molecule has 2 rings (SSSR count). The molecule has 0 aliphatic carbocycles. The first-order valence-corrected chi connectivity index (χ1v) is 6.80. The molecule has 0 atom stereocenters. The first-order valence-electron chi connectivity index (χ1n) is 6.80. The first kappa shape index (κ1) is 15.3. The van der Waals surface area contributed by atoms with E-state index >= 15 is 0 Å². The summed E-state index contributed by atoms with van der Waals surface area (Å²) < 4.78 is 10.9. The van der Waals surface area contributed by atoms with Gasteiger partial charge in [0, 0.05) is 19.6 Å². The second-order valence-electron chi connectivity index (χ2n) is 5.76. The predicted octanol–water partition coefficient (Wildman–Crippen LogP) is -0.0142. The van der Waals surface area contributed by atoms with Crippen molar-refractivity contribution in [3.63, 3.8) is 0 Å². The molecule has 1 aromatic rings. The van der Waals surface area contributed by atoms with Crippen molar-refractivity contribution in [1.29, 1.82) is 0 Å². The third kappa shape index (κ3) is 3.73. The van der Waals surface area contributed by atoms with Crippen molar-refractivity contribution in [2.75, 3.05) is 26.8 Å². The Morgan fingerprint density at radius 1 is 1.40 bits per heavy atom. The van der Waals surface area contributed by atoms with Crippen molar-refractivity contribution in [3.05, 3.63) is 23.8 Å². The van der Waals surface area contributed by atoms with Gasteiger partial charge >= 0.3 is 7.12 Å². The Morgan fingerprint density at radius 2 is 2.15 bits per heavy atom. The molecule has 20 heavy (non-hydrogen) atoms. The summed E-state index contributed by atoms with van der Waals surface area (Å²) in [6.45, 7) is 7.11. The van der Waals surface area contributed by atoms with Gasteiger partial charge in [0.15, 0.2) is 0 Å².